The fraction of sp³-hybridized carbons (Fsp3) is 0.391. The number of anilines is 1. The zero-order valence-electron chi connectivity index (χ0n) is 17.9. The Morgan fingerprint density at radius 1 is 1.29 bits per heavy atom. The van der Waals surface area contributed by atoms with Crippen LogP contribution in [-0.4, -0.2) is 72.4 Å². The fourth-order valence-electron chi connectivity index (χ4n) is 4.06. The Bertz CT molecular complexity index is 1010. The molecule has 8 heteroatoms. The largest absolute Gasteiger partial charge is 0.390 e. The second kappa shape index (κ2) is 9.05. The van der Waals surface area contributed by atoms with Crippen molar-refractivity contribution in [2.24, 2.45) is 0 Å². The molecule has 1 atom stereocenters. The van der Waals surface area contributed by atoms with Crippen molar-refractivity contribution >= 4 is 29.3 Å². The van der Waals surface area contributed by atoms with E-state index in [0.717, 1.165) is 34.9 Å². The summed E-state index contributed by atoms with van der Waals surface area (Å²) in [5.41, 5.74) is 4.60. The number of carbonyl (C=O) groups excluding carboxylic acids is 2. The van der Waals surface area contributed by atoms with Crippen LogP contribution in [0.15, 0.2) is 30.3 Å². The lowest BCUT2D eigenvalue weighted by Gasteiger charge is -2.28. The van der Waals surface area contributed by atoms with Crippen LogP contribution in [0.25, 0.3) is 11.6 Å². The third-order valence-corrected chi connectivity index (χ3v) is 5.61. The minimum atomic E-state index is -0.727. The molecule has 1 fully saturated rings. The molecule has 2 aromatic rings. The normalized spacial score (nSPS) is 19.0. The first kappa shape index (κ1) is 21.3. The van der Waals surface area contributed by atoms with Gasteiger partial charge in [-0.25, -0.2) is 9.69 Å². The molecule has 3 N–H and O–H groups in total. The number of aliphatic hydroxyl groups excluding tert-OH is 1. The average Bonchev–Trinajstić information content (AvgIpc) is 3.22. The molecule has 4 rings (SSSR count). The van der Waals surface area contributed by atoms with Crippen LogP contribution in [0.5, 0.6) is 0 Å². The number of urea groups is 1. The van der Waals surface area contributed by atoms with Crippen LogP contribution in [0.3, 0.4) is 0 Å². The highest BCUT2D eigenvalue weighted by Crippen LogP contribution is 2.37. The van der Waals surface area contributed by atoms with Gasteiger partial charge in [-0.1, -0.05) is 18.2 Å². The number of nitrogens with one attached hydrogen (secondary N) is 2. The van der Waals surface area contributed by atoms with Gasteiger partial charge >= 0.3 is 6.03 Å². The van der Waals surface area contributed by atoms with E-state index >= 15 is 0 Å². The van der Waals surface area contributed by atoms with E-state index in [4.69, 9.17) is 4.74 Å². The van der Waals surface area contributed by atoms with Crippen molar-refractivity contribution in [3.8, 4) is 0 Å². The van der Waals surface area contributed by atoms with Crippen molar-refractivity contribution in [3.63, 3.8) is 0 Å². The zero-order chi connectivity index (χ0) is 22.0. The lowest BCUT2D eigenvalue weighted by Crippen LogP contribution is -2.48. The highest BCUT2D eigenvalue weighted by molar-refractivity contribution is 6.41. The molecule has 164 valence electrons. The van der Waals surface area contributed by atoms with Crippen LogP contribution >= 0.6 is 0 Å². The molecule has 1 aromatic heterocycles. The summed E-state index contributed by atoms with van der Waals surface area (Å²) in [5, 5.41) is 13.0. The predicted octanol–water partition coefficient (Wildman–Crippen LogP) is 1.92. The Morgan fingerprint density at radius 3 is 2.74 bits per heavy atom. The van der Waals surface area contributed by atoms with Crippen LogP contribution in [0.2, 0.25) is 0 Å². The number of nitrogens with zero attached hydrogens (tertiary/aromatic N) is 2. The first-order chi connectivity index (χ1) is 14.9. The van der Waals surface area contributed by atoms with Crippen LogP contribution in [0.1, 0.15) is 22.5 Å². The maximum absolute atomic E-state index is 13.2. The standard InChI is InChI=1S/C23H28N4O4/c1-15-11-16(2)25-20(15)12-19-18-5-3-4-6-21(18)27(22(19)29)23(30)24-13-17(28)14-26-7-9-31-10-8-26/h3-6,11-12,17,25,28H,7-10,13-14H2,1-2H3,(H,24,30). The number of H-pyrrole nitrogens is 1. The molecule has 2 aliphatic heterocycles. The second-order valence-corrected chi connectivity index (χ2v) is 8.02. The molecule has 8 nitrogen and oxygen atoms in total. The van der Waals surface area contributed by atoms with Gasteiger partial charge in [0.05, 0.1) is 30.6 Å². The minimum Gasteiger partial charge on any atom is -0.390 e. The molecular weight excluding hydrogens is 396 g/mol. The Morgan fingerprint density at radius 2 is 2.03 bits per heavy atom. The van der Waals surface area contributed by atoms with Gasteiger partial charge in [-0.2, -0.15) is 0 Å². The van der Waals surface area contributed by atoms with Gasteiger partial charge in [-0.05, 0) is 37.6 Å². The summed E-state index contributed by atoms with van der Waals surface area (Å²) in [6, 6.07) is 8.71. The molecule has 1 saturated heterocycles. The Labute approximate surface area is 181 Å². The number of β-amino-alcohol motifs (C(OH)–C–C–N with tert-alkyl or cyclic N) is 1. The lowest BCUT2D eigenvalue weighted by atomic mass is 10.1. The van der Waals surface area contributed by atoms with Crippen molar-refractivity contribution in [1.82, 2.24) is 15.2 Å². The molecule has 0 saturated carbocycles. The number of aliphatic hydroxyl groups is 1. The van der Waals surface area contributed by atoms with Gasteiger partial charge < -0.3 is 20.1 Å². The second-order valence-electron chi connectivity index (χ2n) is 8.02. The molecule has 0 bridgehead atoms. The molecule has 3 heterocycles. The number of imide groups is 1. The maximum Gasteiger partial charge on any atom is 0.329 e. The molecule has 0 spiro atoms. The molecule has 0 radical (unpaired) electrons. The predicted molar refractivity (Wildman–Crippen MR) is 119 cm³/mol. The van der Waals surface area contributed by atoms with Crippen LogP contribution < -0.4 is 10.2 Å². The van der Waals surface area contributed by atoms with Gasteiger partial charge in [-0.3, -0.25) is 9.69 Å². The van der Waals surface area contributed by atoms with E-state index in [1.54, 1.807) is 18.2 Å². The average molecular weight is 425 g/mol. The minimum absolute atomic E-state index is 0.0656. The maximum atomic E-state index is 13.2. The van der Waals surface area contributed by atoms with E-state index in [-0.39, 0.29) is 12.5 Å². The number of aromatic amines is 1. The molecule has 0 aliphatic carbocycles. The highest BCUT2D eigenvalue weighted by atomic mass is 16.5. The van der Waals surface area contributed by atoms with E-state index in [9.17, 15) is 14.7 Å². The highest BCUT2D eigenvalue weighted by Gasteiger charge is 2.36. The third kappa shape index (κ3) is 4.56. The topological polar surface area (TPSA) is 97.9 Å². The summed E-state index contributed by atoms with van der Waals surface area (Å²) in [4.78, 5) is 32.6. The van der Waals surface area contributed by atoms with Crippen molar-refractivity contribution in [2.45, 2.75) is 20.0 Å². The number of aryl methyl sites for hydroxylation is 2. The number of rotatable bonds is 5. The molecule has 31 heavy (non-hydrogen) atoms. The number of amides is 3. The van der Waals surface area contributed by atoms with Crippen molar-refractivity contribution in [3.05, 3.63) is 52.8 Å². The van der Waals surface area contributed by atoms with Crippen LogP contribution in [0, 0.1) is 13.8 Å². The Balaban J connectivity index is 1.48. The summed E-state index contributed by atoms with van der Waals surface area (Å²) in [7, 11) is 0. The number of aromatic nitrogens is 1. The zero-order valence-corrected chi connectivity index (χ0v) is 17.9. The number of ether oxygens (including phenoxy) is 1. The van der Waals surface area contributed by atoms with Gasteiger partial charge in [0.15, 0.2) is 0 Å². The van der Waals surface area contributed by atoms with Gasteiger partial charge in [0, 0.05) is 43.1 Å². The van der Waals surface area contributed by atoms with Crippen LogP contribution in [-0.2, 0) is 9.53 Å². The molecule has 2 aliphatic rings. The SMILES string of the molecule is Cc1cc(C)c(C=C2C(=O)N(C(=O)NCC(O)CN3CCOCC3)c3ccccc32)[nH]1. The summed E-state index contributed by atoms with van der Waals surface area (Å²) < 4.78 is 5.31. The van der Waals surface area contributed by atoms with Crippen molar-refractivity contribution in [1.29, 1.82) is 0 Å². The van der Waals surface area contributed by atoms with E-state index in [1.807, 2.05) is 32.0 Å². The number of hydrogen-bond acceptors (Lipinski definition) is 5. The van der Waals surface area contributed by atoms with E-state index in [1.165, 1.54) is 0 Å². The molecule has 1 unspecified atom stereocenters. The summed E-state index contributed by atoms with van der Waals surface area (Å²) in [6.07, 6.45) is 1.07. The third-order valence-electron chi connectivity index (χ3n) is 5.61. The number of morpholine rings is 1. The first-order valence-corrected chi connectivity index (χ1v) is 10.5. The Kier molecular flexibility index (Phi) is 6.22. The molecule has 1 aromatic carbocycles. The lowest BCUT2D eigenvalue weighted by molar-refractivity contribution is -0.112. The van der Waals surface area contributed by atoms with Gasteiger partial charge in [0.2, 0.25) is 0 Å². The van der Waals surface area contributed by atoms with Gasteiger partial charge in [-0.15, -0.1) is 0 Å². The van der Waals surface area contributed by atoms with Crippen molar-refractivity contribution < 1.29 is 19.4 Å². The van der Waals surface area contributed by atoms with E-state index in [0.29, 0.717) is 36.6 Å². The molecular formula is C23H28N4O4. The van der Waals surface area contributed by atoms with E-state index < -0.39 is 12.1 Å². The van der Waals surface area contributed by atoms with Crippen LogP contribution in [0.4, 0.5) is 10.5 Å². The number of carbonyl (C=O) groups is 2. The summed E-state index contributed by atoms with van der Waals surface area (Å²) in [6.45, 7) is 7.26. The number of benzene rings is 1. The summed E-state index contributed by atoms with van der Waals surface area (Å²) in [5.74, 6) is -0.381. The number of para-hydroxylation sites is 1. The van der Waals surface area contributed by atoms with Crippen molar-refractivity contribution in [2.75, 3.05) is 44.3 Å². The molecule has 3 amide bonds. The van der Waals surface area contributed by atoms with Gasteiger partial charge in [0.1, 0.15) is 0 Å². The first-order valence-electron chi connectivity index (χ1n) is 10.5. The summed E-state index contributed by atoms with van der Waals surface area (Å²) >= 11 is 0. The number of hydrogen-bond donors (Lipinski definition) is 3. The van der Waals surface area contributed by atoms with Gasteiger partial charge in [0.25, 0.3) is 5.91 Å². The van der Waals surface area contributed by atoms with E-state index in [2.05, 4.69) is 15.2 Å². The quantitative estimate of drug-likeness (QED) is 0.637. The number of fused-ring (bicyclic) bond motifs is 1. The smallest absolute Gasteiger partial charge is 0.329 e. The Hall–Kier alpha value is -2.94. The fourth-order valence-corrected chi connectivity index (χ4v) is 4.06. The monoisotopic (exact) mass is 424 g/mol.